The van der Waals surface area contributed by atoms with Gasteiger partial charge in [-0.2, -0.15) is 0 Å². The number of carbonyl (C=O) groups is 2. The van der Waals surface area contributed by atoms with Crippen LogP contribution in [0, 0.1) is 13.8 Å². The molecule has 0 atom stereocenters. The summed E-state index contributed by atoms with van der Waals surface area (Å²) in [6, 6.07) is 16.4. The number of amides is 2. The van der Waals surface area contributed by atoms with E-state index in [9.17, 15) is 9.59 Å². The molecular formula is C24H25N5O2. The number of hydrogen-bond donors (Lipinski definition) is 3. The molecule has 7 heteroatoms. The maximum Gasteiger partial charge on any atom is 0.258 e. The third kappa shape index (κ3) is 6.50. The van der Waals surface area contributed by atoms with E-state index in [-0.39, 0.29) is 11.8 Å². The second kappa shape index (κ2) is 10.2. The van der Waals surface area contributed by atoms with Crippen molar-refractivity contribution in [1.82, 2.24) is 10.3 Å². The predicted octanol–water partition coefficient (Wildman–Crippen LogP) is 4.05. The number of hydrogen-bond acceptors (Lipinski definition) is 4. The number of nitrogens with one attached hydrogen (secondary N) is 3. The number of rotatable bonds is 5. The zero-order chi connectivity index (χ0) is 22.2. The number of carbonyl (C=O) groups excluding carboxylic acids is 2. The Morgan fingerprint density at radius 1 is 0.935 bits per heavy atom. The van der Waals surface area contributed by atoms with E-state index in [1.54, 1.807) is 36.7 Å². The number of guanidine groups is 1. The van der Waals surface area contributed by atoms with E-state index in [0.29, 0.717) is 23.8 Å². The van der Waals surface area contributed by atoms with Gasteiger partial charge in [0.1, 0.15) is 0 Å². The molecule has 7 nitrogen and oxygen atoms in total. The summed E-state index contributed by atoms with van der Waals surface area (Å²) in [6.07, 6.45) is 3.43. The van der Waals surface area contributed by atoms with Crippen molar-refractivity contribution in [3.63, 3.8) is 0 Å². The molecule has 3 N–H and O–H groups in total. The molecule has 0 saturated carbocycles. The van der Waals surface area contributed by atoms with Gasteiger partial charge in [-0.1, -0.05) is 18.2 Å². The fourth-order valence-electron chi connectivity index (χ4n) is 2.85. The lowest BCUT2D eigenvalue weighted by Gasteiger charge is -2.13. The summed E-state index contributed by atoms with van der Waals surface area (Å²) in [4.78, 5) is 32.8. The standard InChI is InChI=1S/C24H25N5O2/c1-16-9-10-22(12-17(16)2)28-24(26-15-19-6-5-11-25-14-19)29-23(31)20-7-4-8-21(13-20)27-18(3)30/h4-14H,15H2,1-3H3,(H,27,30)(H2,26,28,29,31). The third-order valence-electron chi connectivity index (χ3n) is 4.59. The fraction of sp³-hybridized carbons (Fsp3) is 0.167. The van der Waals surface area contributed by atoms with E-state index in [1.165, 1.54) is 12.5 Å². The fourth-order valence-corrected chi connectivity index (χ4v) is 2.85. The molecule has 3 aromatic rings. The molecule has 3 rings (SSSR count). The van der Waals surface area contributed by atoms with Crippen molar-refractivity contribution in [2.75, 3.05) is 10.6 Å². The summed E-state index contributed by atoms with van der Waals surface area (Å²) in [5, 5.41) is 8.71. The minimum absolute atomic E-state index is 0.201. The first-order chi connectivity index (χ1) is 14.9. The van der Waals surface area contributed by atoms with Gasteiger partial charge in [-0.25, -0.2) is 4.99 Å². The van der Waals surface area contributed by atoms with Crippen LogP contribution in [0.15, 0.2) is 72.0 Å². The van der Waals surface area contributed by atoms with E-state index in [1.807, 2.05) is 44.2 Å². The molecule has 0 aliphatic carbocycles. The lowest BCUT2D eigenvalue weighted by Crippen LogP contribution is -2.36. The summed E-state index contributed by atoms with van der Waals surface area (Å²) in [5.74, 6) is -0.219. The van der Waals surface area contributed by atoms with Crippen LogP contribution in [0.25, 0.3) is 0 Å². The molecule has 0 aliphatic rings. The van der Waals surface area contributed by atoms with Crippen molar-refractivity contribution >= 4 is 29.1 Å². The highest BCUT2D eigenvalue weighted by molar-refractivity contribution is 6.10. The van der Waals surface area contributed by atoms with E-state index in [0.717, 1.165) is 16.8 Å². The lowest BCUT2D eigenvalue weighted by molar-refractivity contribution is -0.114. The molecule has 2 aromatic carbocycles. The number of aryl methyl sites for hydroxylation is 2. The third-order valence-corrected chi connectivity index (χ3v) is 4.59. The average molecular weight is 415 g/mol. The molecular weight excluding hydrogens is 390 g/mol. The zero-order valence-electron chi connectivity index (χ0n) is 17.8. The van der Waals surface area contributed by atoms with Crippen molar-refractivity contribution in [2.45, 2.75) is 27.3 Å². The van der Waals surface area contributed by atoms with Crippen LogP contribution < -0.4 is 16.0 Å². The normalized spacial score (nSPS) is 11.0. The Balaban J connectivity index is 1.82. The lowest BCUT2D eigenvalue weighted by atomic mass is 10.1. The smallest absolute Gasteiger partial charge is 0.258 e. The van der Waals surface area contributed by atoms with Gasteiger partial charge in [-0.05, 0) is 66.9 Å². The first-order valence-electron chi connectivity index (χ1n) is 9.87. The molecule has 0 spiro atoms. The molecule has 0 bridgehead atoms. The first-order valence-corrected chi connectivity index (χ1v) is 9.87. The molecule has 1 aromatic heterocycles. The molecule has 0 unspecified atom stereocenters. The van der Waals surface area contributed by atoms with Crippen LogP contribution in [0.5, 0.6) is 0 Å². The van der Waals surface area contributed by atoms with Crippen LogP contribution in [0.4, 0.5) is 11.4 Å². The van der Waals surface area contributed by atoms with Crippen LogP contribution in [0.3, 0.4) is 0 Å². The second-order valence-electron chi connectivity index (χ2n) is 7.17. The van der Waals surface area contributed by atoms with Crippen LogP contribution in [-0.2, 0) is 11.3 Å². The van der Waals surface area contributed by atoms with Crippen molar-refractivity contribution in [1.29, 1.82) is 0 Å². The van der Waals surface area contributed by atoms with Crippen LogP contribution in [0.2, 0.25) is 0 Å². The molecule has 0 fully saturated rings. The summed E-state index contributed by atoms with van der Waals surface area (Å²) >= 11 is 0. The minimum atomic E-state index is -0.339. The number of aromatic nitrogens is 1. The Bertz CT molecular complexity index is 1110. The highest BCUT2D eigenvalue weighted by Gasteiger charge is 2.11. The molecule has 31 heavy (non-hydrogen) atoms. The van der Waals surface area contributed by atoms with Gasteiger partial charge in [0.05, 0.1) is 6.54 Å². The van der Waals surface area contributed by atoms with Gasteiger partial charge >= 0.3 is 0 Å². The Morgan fingerprint density at radius 3 is 2.45 bits per heavy atom. The van der Waals surface area contributed by atoms with Gasteiger partial charge in [-0.3, -0.25) is 19.9 Å². The topological polar surface area (TPSA) is 95.5 Å². The predicted molar refractivity (Wildman–Crippen MR) is 123 cm³/mol. The zero-order valence-corrected chi connectivity index (χ0v) is 17.8. The van der Waals surface area contributed by atoms with Crippen LogP contribution in [-0.4, -0.2) is 22.8 Å². The summed E-state index contributed by atoms with van der Waals surface area (Å²) in [6.45, 7) is 5.84. The van der Waals surface area contributed by atoms with Crippen molar-refractivity contribution in [3.05, 3.63) is 89.2 Å². The summed E-state index contributed by atoms with van der Waals surface area (Å²) in [5.41, 5.74) is 5.01. The van der Waals surface area contributed by atoms with Gasteiger partial charge in [0, 0.05) is 36.3 Å². The molecule has 2 amide bonds. The van der Waals surface area contributed by atoms with Gasteiger partial charge in [0.2, 0.25) is 11.9 Å². The van der Waals surface area contributed by atoms with Gasteiger partial charge in [0.15, 0.2) is 0 Å². The molecule has 158 valence electrons. The average Bonchev–Trinajstić information content (AvgIpc) is 2.75. The number of nitrogens with zero attached hydrogens (tertiary/aromatic N) is 2. The quantitative estimate of drug-likeness (QED) is 0.433. The SMILES string of the molecule is CC(=O)Nc1cccc(C(=O)NC(=NCc2cccnc2)Nc2ccc(C)c(C)c2)c1. The molecule has 0 aliphatic heterocycles. The van der Waals surface area contributed by atoms with Crippen LogP contribution in [0.1, 0.15) is 34.0 Å². The number of anilines is 2. The monoisotopic (exact) mass is 415 g/mol. The second-order valence-corrected chi connectivity index (χ2v) is 7.17. The summed E-state index contributed by atoms with van der Waals surface area (Å²) in [7, 11) is 0. The Labute approximate surface area is 181 Å². The Hall–Kier alpha value is -4.00. The van der Waals surface area contributed by atoms with Gasteiger partial charge in [-0.15, -0.1) is 0 Å². The Kier molecular flexibility index (Phi) is 7.11. The first kappa shape index (κ1) is 21.7. The maximum absolute atomic E-state index is 12.9. The van der Waals surface area contributed by atoms with Gasteiger partial charge in [0.25, 0.3) is 5.91 Å². The van der Waals surface area contributed by atoms with E-state index >= 15 is 0 Å². The van der Waals surface area contributed by atoms with E-state index < -0.39 is 0 Å². The summed E-state index contributed by atoms with van der Waals surface area (Å²) < 4.78 is 0. The molecule has 0 saturated heterocycles. The van der Waals surface area contributed by atoms with Crippen molar-refractivity contribution in [3.8, 4) is 0 Å². The largest absolute Gasteiger partial charge is 0.326 e. The molecule has 0 radical (unpaired) electrons. The van der Waals surface area contributed by atoms with Crippen LogP contribution >= 0.6 is 0 Å². The van der Waals surface area contributed by atoms with E-state index in [4.69, 9.17) is 0 Å². The number of aliphatic imine (C=N–C) groups is 1. The Morgan fingerprint density at radius 2 is 1.74 bits per heavy atom. The van der Waals surface area contributed by atoms with Crippen molar-refractivity contribution < 1.29 is 9.59 Å². The highest BCUT2D eigenvalue weighted by atomic mass is 16.2. The van der Waals surface area contributed by atoms with E-state index in [2.05, 4.69) is 25.9 Å². The minimum Gasteiger partial charge on any atom is -0.326 e. The highest BCUT2D eigenvalue weighted by Crippen LogP contribution is 2.15. The number of pyridine rings is 1. The maximum atomic E-state index is 12.9. The number of benzene rings is 2. The van der Waals surface area contributed by atoms with Gasteiger partial charge < -0.3 is 10.6 Å². The van der Waals surface area contributed by atoms with Crippen molar-refractivity contribution in [2.24, 2.45) is 4.99 Å². The molecule has 1 heterocycles.